The molecule has 0 aromatic heterocycles. The summed E-state index contributed by atoms with van der Waals surface area (Å²) in [6.45, 7) is 16.9. The maximum atomic E-state index is 6.23. The summed E-state index contributed by atoms with van der Waals surface area (Å²) in [4.78, 5) is 0. The number of hydrogen-bond donors (Lipinski definition) is 0. The Morgan fingerprint density at radius 2 is 0.773 bits per heavy atom. The van der Waals surface area contributed by atoms with Gasteiger partial charge in [0.1, 0.15) is 0 Å². The molecule has 2 heterocycles. The van der Waals surface area contributed by atoms with Crippen LogP contribution in [0.1, 0.15) is 68.2 Å². The highest BCUT2D eigenvalue weighted by Crippen LogP contribution is 2.56. The lowest BCUT2D eigenvalue weighted by Gasteiger charge is -2.38. The molecule has 1 saturated carbocycles. The van der Waals surface area contributed by atoms with E-state index in [1.807, 2.05) is 0 Å². The van der Waals surface area contributed by atoms with E-state index >= 15 is 0 Å². The third-order valence-corrected chi connectivity index (χ3v) is 6.63. The molecule has 0 radical (unpaired) electrons. The minimum atomic E-state index is -0.270. The maximum absolute atomic E-state index is 6.23. The fourth-order valence-corrected chi connectivity index (χ4v) is 3.35. The molecule has 0 amide bonds. The van der Waals surface area contributed by atoms with Crippen LogP contribution in [0.15, 0.2) is 0 Å². The Morgan fingerprint density at radius 1 is 0.545 bits per heavy atom. The second-order valence-electron chi connectivity index (χ2n) is 9.15. The van der Waals surface area contributed by atoms with Gasteiger partial charge in [0, 0.05) is 0 Å². The van der Waals surface area contributed by atoms with Crippen molar-refractivity contribution in [3.63, 3.8) is 0 Å². The summed E-state index contributed by atoms with van der Waals surface area (Å²) in [6, 6.07) is 0. The SMILES string of the molecule is CC1(C)OB(C2CCC2B2OC(C)(C)C(C)(C)O2)OC1(C)C. The van der Waals surface area contributed by atoms with Crippen molar-refractivity contribution in [3.8, 4) is 0 Å². The van der Waals surface area contributed by atoms with E-state index in [0.29, 0.717) is 11.6 Å². The van der Waals surface area contributed by atoms with Gasteiger partial charge < -0.3 is 18.6 Å². The Morgan fingerprint density at radius 3 is 0.955 bits per heavy atom. The molecule has 2 unspecified atom stereocenters. The predicted molar refractivity (Wildman–Crippen MR) is 88.9 cm³/mol. The summed E-state index contributed by atoms with van der Waals surface area (Å²) in [5.74, 6) is 0.714. The van der Waals surface area contributed by atoms with E-state index in [0.717, 1.165) is 12.8 Å². The molecule has 0 N–H and O–H groups in total. The van der Waals surface area contributed by atoms with Gasteiger partial charge in [-0.05, 0) is 67.0 Å². The Bertz CT molecular complexity index is 387. The van der Waals surface area contributed by atoms with Gasteiger partial charge in [0.15, 0.2) is 0 Å². The van der Waals surface area contributed by atoms with Crippen LogP contribution in [-0.4, -0.2) is 36.6 Å². The smallest absolute Gasteiger partial charge is 0.403 e. The average molecular weight is 308 g/mol. The standard InChI is InChI=1S/C16H30B2O4/c1-13(2)14(3,4)20-17(19-13)11-9-10-12(11)18-21-15(5,6)16(7,8)22-18/h11-12H,9-10H2,1-8H3. The minimum absolute atomic E-state index is 0.150. The van der Waals surface area contributed by atoms with Gasteiger partial charge in [-0.2, -0.15) is 0 Å². The Labute approximate surface area is 135 Å². The topological polar surface area (TPSA) is 36.9 Å². The predicted octanol–water partition coefficient (Wildman–Crippen LogP) is 3.71. The summed E-state index contributed by atoms with van der Waals surface area (Å²) in [5.41, 5.74) is -1.08. The van der Waals surface area contributed by atoms with Crippen LogP contribution in [0, 0.1) is 0 Å². The van der Waals surface area contributed by atoms with Crippen LogP contribution < -0.4 is 0 Å². The van der Waals surface area contributed by atoms with Crippen LogP contribution >= 0.6 is 0 Å². The molecule has 0 bridgehead atoms. The van der Waals surface area contributed by atoms with Gasteiger partial charge in [-0.15, -0.1) is 0 Å². The van der Waals surface area contributed by atoms with E-state index in [1.165, 1.54) is 0 Å². The first-order valence-electron chi connectivity index (χ1n) is 8.58. The van der Waals surface area contributed by atoms with Crippen molar-refractivity contribution in [1.82, 2.24) is 0 Å². The van der Waals surface area contributed by atoms with Crippen LogP contribution in [0.5, 0.6) is 0 Å². The highest BCUT2D eigenvalue weighted by Gasteiger charge is 2.62. The van der Waals surface area contributed by atoms with Gasteiger partial charge in [0.25, 0.3) is 0 Å². The minimum Gasteiger partial charge on any atom is -0.403 e. The largest absolute Gasteiger partial charge is 0.460 e. The Kier molecular flexibility index (Phi) is 3.63. The normalized spacial score (nSPS) is 38.2. The second-order valence-corrected chi connectivity index (χ2v) is 9.15. The van der Waals surface area contributed by atoms with Crippen LogP contribution in [0.3, 0.4) is 0 Å². The Hall–Kier alpha value is -0.0301. The zero-order valence-corrected chi connectivity index (χ0v) is 15.4. The summed E-state index contributed by atoms with van der Waals surface area (Å²) in [6.07, 6.45) is 2.23. The van der Waals surface area contributed by atoms with Crippen molar-refractivity contribution < 1.29 is 18.6 Å². The van der Waals surface area contributed by atoms with Gasteiger partial charge >= 0.3 is 14.2 Å². The lowest BCUT2D eigenvalue weighted by Crippen LogP contribution is -2.42. The summed E-state index contributed by atoms with van der Waals surface area (Å²) >= 11 is 0. The summed E-state index contributed by atoms with van der Waals surface area (Å²) < 4.78 is 24.9. The van der Waals surface area contributed by atoms with Gasteiger partial charge in [-0.3, -0.25) is 0 Å². The lowest BCUT2D eigenvalue weighted by molar-refractivity contribution is 0.00578. The monoisotopic (exact) mass is 308 g/mol. The highest BCUT2D eigenvalue weighted by molar-refractivity contribution is 6.55. The van der Waals surface area contributed by atoms with E-state index in [-0.39, 0.29) is 36.6 Å². The fraction of sp³-hybridized carbons (Fsp3) is 1.00. The molecular formula is C16H30B2O4. The molecule has 3 rings (SSSR count). The first-order valence-corrected chi connectivity index (χ1v) is 8.58. The quantitative estimate of drug-likeness (QED) is 0.729. The molecule has 124 valence electrons. The molecule has 4 nitrogen and oxygen atoms in total. The maximum Gasteiger partial charge on any atom is 0.460 e. The van der Waals surface area contributed by atoms with E-state index in [1.54, 1.807) is 0 Å². The second kappa shape index (κ2) is 4.75. The molecule has 0 aromatic rings. The molecule has 1 aliphatic carbocycles. The molecular weight excluding hydrogens is 278 g/mol. The molecule has 0 aromatic carbocycles. The summed E-state index contributed by atoms with van der Waals surface area (Å²) in [5, 5.41) is 0. The van der Waals surface area contributed by atoms with Crippen LogP contribution in [-0.2, 0) is 18.6 Å². The third-order valence-electron chi connectivity index (χ3n) is 6.63. The van der Waals surface area contributed by atoms with Crippen molar-refractivity contribution >= 4 is 14.2 Å². The van der Waals surface area contributed by atoms with Gasteiger partial charge in [0.05, 0.1) is 22.4 Å². The molecule has 0 spiro atoms. The molecule has 22 heavy (non-hydrogen) atoms. The van der Waals surface area contributed by atoms with E-state index in [4.69, 9.17) is 18.6 Å². The van der Waals surface area contributed by atoms with Crippen molar-refractivity contribution in [2.45, 2.75) is 102 Å². The average Bonchev–Trinajstić information content (AvgIpc) is 2.55. The number of hydrogen-bond acceptors (Lipinski definition) is 4. The Balaban J connectivity index is 1.69. The van der Waals surface area contributed by atoms with Crippen molar-refractivity contribution in [2.75, 3.05) is 0 Å². The zero-order valence-electron chi connectivity index (χ0n) is 15.4. The fourth-order valence-electron chi connectivity index (χ4n) is 3.35. The molecule has 6 heteroatoms. The molecule has 3 aliphatic rings. The first-order chi connectivity index (χ1) is 9.86. The first kappa shape index (κ1) is 16.8. The zero-order chi connectivity index (χ0) is 16.6. The van der Waals surface area contributed by atoms with Crippen LogP contribution in [0.4, 0.5) is 0 Å². The summed E-state index contributed by atoms with van der Waals surface area (Å²) in [7, 11) is -0.300. The van der Waals surface area contributed by atoms with Crippen LogP contribution in [0.25, 0.3) is 0 Å². The molecule has 2 aliphatic heterocycles. The van der Waals surface area contributed by atoms with Crippen molar-refractivity contribution in [3.05, 3.63) is 0 Å². The van der Waals surface area contributed by atoms with Crippen LogP contribution in [0.2, 0.25) is 11.6 Å². The molecule has 3 fully saturated rings. The van der Waals surface area contributed by atoms with E-state index in [2.05, 4.69) is 55.4 Å². The molecule has 2 saturated heterocycles. The lowest BCUT2D eigenvalue weighted by atomic mass is 9.43. The number of rotatable bonds is 2. The molecule has 2 atom stereocenters. The third kappa shape index (κ3) is 2.38. The van der Waals surface area contributed by atoms with E-state index < -0.39 is 0 Å². The van der Waals surface area contributed by atoms with Crippen molar-refractivity contribution in [1.29, 1.82) is 0 Å². The van der Waals surface area contributed by atoms with Gasteiger partial charge in [0.2, 0.25) is 0 Å². The van der Waals surface area contributed by atoms with Gasteiger partial charge in [-0.1, -0.05) is 12.8 Å². The van der Waals surface area contributed by atoms with Gasteiger partial charge in [-0.25, -0.2) is 0 Å². The highest BCUT2D eigenvalue weighted by atomic mass is 16.7. The van der Waals surface area contributed by atoms with Crippen molar-refractivity contribution in [2.24, 2.45) is 0 Å². The van der Waals surface area contributed by atoms with E-state index in [9.17, 15) is 0 Å².